The van der Waals surface area contributed by atoms with Crippen LogP contribution < -0.4 is 10.1 Å². The van der Waals surface area contributed by atoms with Crippen molar-refractivity contribution >= 4 is 27.7 Å². The van der Waals surface area contributed by atoms with E-state index in [4.69, 9.17) is 9.72 Å². The maximum atomic E-state index is 12.9. The monoisotopic (exact) mass is 455 g/mol. The lowest BCUT2D eigenvalue weighted by atomic mass is 9.88. The number of amides is 1. The van der Waals surface area contributed by atoms with Crippen LogP contribution in [0.5, 0.6) is 5.75 Å². The highest BCUT2D eigenvalue weighted by Crippen LogP contribution is 2.26. The second-order valence-corrected chi connectivity index (χ2v) is 9.39. The number of carbonyl (C=O) groups excluding carboxylic acids is 1. The fraction of sp³-hybridized carbons (Fsp3) is 0.379. The molecule has 1 aromatic heterocycles. The molecule has 0 bridgehead atoms. The Morgan fingerprint density at radius 1 is 1.03 bits per heavy atom. The molecule has 1 heterocycles. The van der Waals surface area contributed by atoms with Crippen molar-refractivity contribution in [2.45, 2.75) is 58.0 Å². The van der Waals surface area contributed by atoms with E-state index in [1.165, 1.54) is 17.2 Å². The molecule has 5 nitrogen and oxygen atoms in total. The second-order valence-electron chi connectivity index (χ2n) is 9.39. The molecule has 5 rings (SSSR count). The van der Waals surface area contributed by atoms with Crippen molar-refractivity contribution in [1.82, 2.24) is 14.9 Å². The fourth-order valence-corrected chi connectivity index (χ4v) is 5.09. The quantitative estimate of drug-likeness (QED) is 0.312. The number of nitrogens with one attached hydrogen (secondary N) is 1. The van der Waals surface area contributed by atoms with Crippen LogP contribution >= 0.6 is 0 Å². The molecule has 1 fully saturated rings. The molecule has 1 atom stereocenters. The summed E-state index contributed by atoms with van der Waals surface area (Å²) >= 11 is 0. The topological polar surface area (TPSA) is 56.2 Å². The van der Waals surface area contributed by atoms with Crippen LogP contribution in [0, 0.1) is 5.92 Å². The average Bonchev–Trinajstić information content (AvgIpc) is 3.26. The molecule has 1 aliphatic carbocycles. The Kier molecular flexibility index (Phi) is 6.79. The molecule has 0 spiro atoms. The Bertz CT molecular complexity index is 1270. The van der Waals surface area contributed by atoms with Crippen LogP contribution in [-0.4, -0.2) is 22.1 Å². The van der Waals surface area contributed by atoms with Crippen molar-refractivity contribution in [3.05, 3.63) is 72.6 Å². The average molecular weight is 456 g/mol. The Morgan fingerprint density at radius 3 is 2.65 bits per heavy atom. The van der Waals surface area contributed by atoms with E-state index in [-0.39, 0.29) is 17.9 Å². The van der Waals surface area contributed by atoms with Gasteiger partial charge in [-0.2, -0.15) is 0 Å². The first-order valence-electron chi connectivity index (χ1n) is 12.6. The summed E-state index contributed by atoms with van der Waals surface area (Å²) < 4.78 is 8.31. The molecule has 1 unspecified atom stereocenters. The van der Waals surface area contributed by atoms with Gasteiger partial charge in [0, 0.05) is 12.5 Å². The van der Waals surface area contributed by atoms with E-state index >= 15 is 0 Å². The van der Waals surface area contributed by atoms with Gasteiger partial charge in [0.15, 0.2) is 0 Å². The largest absolute Gasteiger partial charge is 0.494 e. The number of carbonyl (C=O) groups is 1. The molecular formula is C29H33N3O2. The summed E-state index contributed by atoms with van der Waals surface area (Å²) in [5, 5.41) is 5.65. The number of ether oxygens (including phenoxy) is 1. The Hall–Kier alpha value is -3.34. The maximum Gasteiger partial charge on any atom is 0.223 e. The molecule has 5 heteroatoms. The molecule has 1 N–H and O–H groups in total. The number of nitrogens with zero attached hydrogens (tertiary/aromatic N) is 2. The summed E-state index contributed by atoms with van der Waals surface area (Å²) in [5.74, 6) is 2.12. The molecule has 3 aromatic carbocycles. The molecule has 176 valence electrons. The summed E-state index contributed by atoms with van der Waals surface area (Å²) in [4.78, 5) is 17.7. The minimum absolute atomic E-state index is 0.136. The Balaban J connectivity index is 1.26. The third-order valence-electron chi connectivity index (χ3n) is 6.92. The molecule has 1 aliphatic rings. The predicted octanol–water partition coefficient (Wildman–Crippen LogP) is 6.42. The maximum absolute atomic E-state index is 12.9. The zero-order chi connectivity index (χ0) is 23.3. The summed E-state index contributed by atoms with van der Waals surface area (Å²) in [6, 6.07) is 22.6. The van der Waals surface area contributed by atoms with Crippen molar-refractivity contribution < 1.29 is 9.53 Å². The van der Waals surface area contributed by atoms with E-state index in [2.05, 4.69) is 46.3 Å². The standard InChI is InChI=1S/C29H33N3O2/c1-21(30-29(33)23-11-3-2-4-12-23)28-31-26-14-7-8-15-27(26)32(28)18-9-19-34-25-17-16-22-10-5-6-13-24(22)20-25/h5-8,10,13-17,20-21,23H,2-4,9,11-12,18-19H2,1H3,(H,30,33). The summed E-state index contributed by atoms with van der Waals surface area (Å²) in [7, 11) is 0. The number of aryl methyl sites for hydroxylation is 1. The SMILES string of the molecule is CC(NC(=O)C1CCCCC1)c1nc2ccccc2n1CCCOc1ccc2ccccc2c1. The fourth-order valence-electron chi connectivity index (χ4n) is 5.09. The molecule has 1 saturated carbocycles. The van der Waals surface area contributed by atoms with Crippen LogP contribution in [0.4, 0.5) is 0 Å². The lowest BCUT2D eigenvalue weighted by molar-refractivity contribution is -0.126. The zero-order valence-electron chi connectivity index (χ0n) is 19.9. The molecular weight excluding hydrogens is 422 g/mol. The number of para-hydroxylation sites is 2. The van der Waals surface area contributed by atoms with Crippen LogP contribution in [0.2, 0.25) is 0 Å². The Morgan fingerprint density at radius 2 is 1.79 bits per heavy atom. The van der Waals surface area contributed by atoms with Gasteiger partial charge in [-0.05, 0) is 61.2 Å². The molecule has 0 aliphatic heterocycles. The zero-order valence-corrected chi connectivity index (χ0v) is 19.9. The number of benzene rings is 3. The van der Waals surface area contributed by atoms with Crippen molar-refractivity contribution in [1.29, 1.82) is 0 Å². The van der Waals surface area contributed by atoms with E-state index in [0.29, 0.717) is 6.61 Å². The van der Waals surface area contributed by atoms with Gasteiger partial charge in [-0.25, -0.2) is 4.98 Å². The minimum Gasteiger partial charge on any atom is -0.494 e. The lowest BCUT2D eigenvalue weighted by Gasteiger charge is -2.23. The first kappa shape index (κ1) is 22.5. The smallest absolute Gasteiger partial charge is 0.223 e. The third kappa shape index (κ3) is 4.93. The van der Waals surface area contributed by atoms with Gasteiger partial charge in [-0.3, -0.25) is 4.79 Å². The molecule has 4 aromatic rings. The number of hydrogen-bond acceptors (Lipinski definition) is 3. The van der Waals surface area contributed by atoms with Crippen molar-refractivity contribution in [2.75, 3.05) is 6.61 Å². The van der Waals surface area contributed by atoms with E-state index < -0.39 is 0 Å². The van der Waals surface area contributed by atoms with Gasteiger partial charge < -0.3 is 14.6 Å². The van der Waals surface area contributed by atoms with Crippen LogP contribution in [0.15, 0.2) is 66.7 Å². The van der Waals surface area contributed by atoms with Gasteiger partial charge in [0.05, 0.1) is 23.7 Å². The van der Waals surface area contributed by atoms with E-state index in [1.54, 1.807) is 0 Å². The van der Waals surface area contributed by atoms with Gasteiger partial charge in [0.1, 0.15) is 11.6 Å². The highest BCUT2D eigenvalue weighted by Gasteiger charge is 2.24. The summed E-state index contributed by atoms with van der Waals surface area (Å²) in [5.41, 5.74) is 2.06. The molecule has 0 saturated heterocycles. The van der Waals surface area contributed by atoms with Crippen LogP contribution in [0.1, 0.15) is 57.3 Å². The van der Waals surface area contributed by atoms with Gasteiger partial charge >= 0.3 is 0 Å². The number of fused-ring (bicyclic) bond motifs is 2. The normalized spacial score (nSPS) is 15.4. The lowest BCUT2D eigenvalue weighted by Crippen LogP contribution is -2.35. The third-order valence-corrected chi connectivity index (χ3v) is 6.92. The number of imidazole rings is 1. The van der Waals surface area contributed by atoms with E-state index in [9.17, 15) is 4.79 Å². The van der Waals surface area contributed by atoms with Gasteiger partial charge in [0.2, 0.25) is 5.91 Å². The Labute approximate surface area is 201 Å². The van der Waals surface area contributed by atoms with Crippen LogP contribution in [0.3, 0.4) is 0 Å². The van der Waals surface area contributed by atoms with Crippen molar-refractivity contribution in [3.63, 3.8) is 0 Å². The minimum atomic E-state index is -0.136. The molecule has 34 heavy (non-hydrogen) atoms. The number of hydrogen-bond donors (Lipinski definition) is 1. The van der Waals surface area contributed by atoms with Crippen LogP contribution in [0.25, 0.3) is 21.8 Å². The van der Waals surface area contributed by atoms with E-state index in [1.807, 2.05) is 37.3 Å². The number of aromatic nitrogens is 2. The van der Waals surface area contributed by atoms with Gasteiger partial charge in [-0.15, -0.1) is 0 Å². The van der Waals surface area contributed by atoms with Gasteiger partial charge in [-0.1, -0.05) is 61.7 Å². The summed E-state index contributed by atoms with van der Waals surface area (Å²) in [6.07, 6.45) is 6.41. The van der Waals surface area contributed by atoms with Crippen LogP contribution in [-0.2, 0) is 11.3 Å². The predicted molar refractivity (Wildman–Crippen MR) is 137 cm³/mol. The van der Waals surface area contributed by atoms with Gasteiger partial charge in [0.25, 0.3) is 0 Å². The molecule has 1 amide bonds. The highest BCUT2D eigenvalue weighted by atomic mass is 16.5. The number of rotatable bonds is 8. The summed E-state index contributed by atoms with van der Waals surface area (Å²) in [6.45, 7) is 3.45. The van der Waals surface area contributed by atoms with E-state index in [0.717, 1.165) is 61.3 Å². The first-order chi connectivity index (χ1) is 16.7. The first-order valence-corrected chi connectivity index (χ1v) is 12.6. The molecule has 0 radical (unpaired) electrons. The van der Waals surface area contributed by atoms with Crippen molar-refractivity contribution in [2.24, 2.45) is 5.92 Å². The highest BCUT2D eigenvalue weighted by molar-refractivity contribution is 5.83. The second kappa shape index (κ2) is 10.3. The van der Waals surface area contributed by atoms with Crippen molar-refractivity contribution in [3.8, 4) is 5.75 Å².